The van der Waals surface area contributed by atoms with E-state index >= 15 is 0 Å². The Balaban J connectivity index is 1.48. The van der Waals surface area contributed by atoms with E-state index in [1.165, 1.54) is 35.4 Å². The molecule has 0 fully saturated rings. The van der Waals surface area contributed by atoms with Crippen molar-refractivity contribution in [1.82, 2.24) is 9.97 Å². The number of para-hydroxylation sites is 2. The van der Waals surface area contributed by atoms with Crippen LogP contribution in [-0.4, -0.2) is 35.9 Å². The molecule has 1 aliphatic rings. The highest BCUT2D eigenvalue weighted by molar-refractivity contribution is 7.86. The number of hydroxylamine groups is 1. The van der Waals surface area contributed by atoms with Crippen molar-refractivity contribution < 1.29 is 22.6 Å². The molecular weight excluding hydrogens is 456 g/mol. The summed E-state index contributed by atoms with van der Waals surface area (Å²) in [4.78, 5) is 20.1. The lowest BCUT2D eigenvalue weighted by Crippen LogP contribution is -2.27. The van der Waals surface area contributed by atoms with Crippen LogP contribution in [0.2, 0.25) is 0 Å². The molecule has 172 valence electrons. The Morgan fingerprint density at radius 2 is 1.85 bits per heavy atom. The van der Waals surface area contributed by atoms with Crippen LogP contribution in [0.25, 0.3) is 22.7 Å². The summed E-state index contributed by atoms with van der Waals surface area (Å²) in [6.45, 7) is 1.98. The first-order valence-corrected chi connectivity index (χ1v) is 11.9. The highest BCUT2D eigenvalue weighted by atomic mass is 32.2. The van der Waals surface area contributed by atoms with Crippen molar-refractivity contribution in [2.75, 3.05) is 16.9 Å². The van der Waals surface area contributed by atoms with E-state index in [1.54, 1.807) is 25.1 Å². The first-order chi connectivity index (χ1) is 16.3. The van der Waals surface area contributed by atoms with Gasteiger partial charge in [0.15, 0.2) is 0 Å². The fraction of sp³-hybridized carbons (Fsp3) is 0.0833. The Hall–Kier alpha value is -4.15. The van der Waals surface area contributed by atoms with E-state index in [2.05, 4.69) is 15.3 Å². The third kappa shape index (κ3) is 4.00. The molecule has 34 heavy (non-hydrogen) atoms. The summed E-state index contributed by atoms with van der Waals surface area (Å²) in [7, 11) is -4.21. The molecule has 0 bridgehead atoms. The number of hydrogen-bond donors (Lipinski definition) is 3. The van der Waals surface area contributed by atoms with Gasteiger partial charge in [-0.2, -0.15) is 8.42 Å². The van der Waals surface area contributed by atoms with E-state index in [1.807, 2.05) is 24.3 Å². The predicted molar refractivity (Wildman–Crippen MR) is 128 cm³/mol. The highest BCUT2D eigenvalue weighted by Crippen LogP contribution is 2.35. The topological polar surface area (TPSA) is 125 Å². The molecular formula is C24H20N4O5S. The average Bonchev–Trinajstić information content (AvgIpc) is 3.38. The fourth-order valence-electron chi connectivity index (χ4n) is 3.70. The highest BCUT2D eigenvalue weighted by Gasteiger charge is 2.28. The third-order valence-corrected chi connectivity index (χ3v) is 6.57. The van der Waals surface area contributed by atoms with Gasteiger partial charge in [0.25, 0.3) is 5.91 Å². The van der Waals surface area contributed by atoms with Crippen LogP contribution >= 0.6 is 0 Å². The zero-order valence-electron chi connectivity index (χ0n) is 18.0. The third-order valence-electron chi connectivity index (χ3n) is 5.36. The lowest BCUT2D eigenvalue weighted by atomic mass is 10.1. The number of amides is 1. The summed E-state index contributed by atoms with van der Waals surface area (Å²) >= 11 is 0. The maximum Gasteiger partial charge on any atom is 0.317 e. The number of anilines is 2. The second-order valence-electron chi connectivity index (χ2n) is 7.60. The van der Waals surface area contributed by atoms with Crippen molar-refractivity contribution in [3.8, 4) is 5.75 Å². The van der Waals surface area contributed by atoms with Crippen LogP contribution < -0.4 is 10.4 Å². The molecule has 0 saturated heterocycles. The number of aromatic nitrogens is 2. The first-order valence-electron chi connectivity index (χ1n) is 10.5. The minimum Gasteiger partial charge on any atom is -0.508 e. The molecule has 4 aromatic rings. The Kier molecular flexibility index (Phi) is 5.31. The van der Waals surface area contributed by atoms with Gasteiger partial charge < -0.3 is 15.4 Å². The maximum atomic E-state index is 13.0. The molecule has 9 nitrogen and oxygen atoms in total. The summed E-state index contributed by atoms with van der Waals surface area (Å²) < 4.78 is 31.5. The molecule has 5 rings (SSSR count). The number of nitrogens with zero attached hydrogens (tertiary/aromatic N) is 2. The van der Waals surface area contributed by atoms with Gasteiger partial charge in [-0.25, -0.2) is 10.0 Å². The number of phenols is 1. The lowest BCUT2D eigenvalue weighted by Gasteiger charge is -2.21. The van der Waals surface area contributed by atoms with Gasteiger partial charge in [0, 0.05) is 17.8 Å². The quantitative estimate of drug-likeness (QED) is 0.285. The zero-order valence-corrected chi connectivity index (χ0v) is 18.8. The van der Waals surface area contributed by atoms with Crippen molar-refractivity contribution in [3.63, 3.8) is 0 Å². The van der Waals surface area contributed by atoms with Crippen molar-refractivity contribution in [2.45, 2.75) is 11.8 Å². The van der Waals surface area contributed by atoms with Crippen LogP contribution in [0.4, 0.5) is 11.4 Å². The second kappa shape index (κ2) is 8.32. The van der Waals surface area contributed by atoms with E-state index < -0.39 is 10.1 Å². The molecule has 0 radical (unpaired) electrons. The normalized spacial score (nSPS) is 14.4. The second-order valence-corrected chi connectivity index (χ2v) is 9.13. The minimum absolute atomic E-state index is 0.0576. The van der Waals surface area contributed by atoms with Gasteiger partial charge in [0.05, 0.1) is 27.2 Å². The summed E-state index contributed by atoms with van der Waals surface area (Å²) in [5, 5.41) is 13.4. The van der Waals surface area contributed by atoms with Crippen LogP contribution in [-0.2, 0) is 19.2 Å². The van der Waals surface area contributed by atoms with Gasteiger partial charge in [-0.3, -0.25) is 4.79 Å². The molecule has 3 aromatic carbocycles. The van der Waals surface area contributed by atoms with E-state index in [0.29, 0.717) is 22.8 Å². The number of imidazole rings is 1. The molecule has 1 aliphatic heterocycles. The number of aromatic amines is 1. The number of H-pyrrole nitrogens is 1. The number of rotatable bonds is 6. The van der Waals surface area contributed by atoms with E-state index in [9.17, 15) is 18.3 Å². The Morgan fingerprint density at radius 1 is 1.09 bits per heavy atom. The number of carbonyl (C=O) groups excluding carboxylic acids is 1. The number of carbonyl (C=O) groups is 1. The molecule has 2 heterocycles. The predicted octanol–water partition coefficient (Wildman–Crippen LogP) is 3.91. The first kappa shape index (κ1) is 21.7. The number of benzene rings is 3. The molecule has 0 unspecified atom stereocenters. The fourth-order valence-corrected chi connectivity index (χ4v) is 4.71. The van der Waals surface area contributed by atoms with E-state index in [-0.39, 0.29) is 28.7 Å². The average molecular weight is 477 g/mol. The molecule has 0 saturated carbocycles. The molecule has 3 N–H and O–H groups in total. The van der Waals surface area contributed by atoms with Gasteiger partial charge in [0.1, 0.15) is 11.6 Å². The smallest absolute Gasteiger partial charge is 0.317 e. The van der Waals surface area contributed by atoms with Crippen LogP contribution in [0, 0.1) is 0 Å². The summed E-state index contributed by atoms with van der Waals surface area (Å²) in [6.07, 6.45) is 1.59. The molecule has 1 aromatic heterocycles. The van der Waals surface area contributed by atoms with Crippen LogP contribution in [0.1, 0.15) is 18.3 Å². The van der Waals surface area contributed by atoms with Crippen LogP contribution in [0.3, 0.4) is 0 Å². The Bertz CT molecular complexity index is 1510. The number of hydrogen-bond acceptors (Lipinski definition) is 7. The van der Waals surface area contributed by atoms with Crippen molar-refractivity contribution in [1.29, 1.82) is 0 Å². The minimum atomic E-state index is -4.21. The van der Waals surface area contributed by atoms with Gasteiger partial charge in [0.2, 0.25) is 0 Å². The maximum absolute atomic E-state index is 13.0. The van der Waals surface area contributed by atoms with Crippen molar-refractivity contribution in [3.05, 3.63) is 78.1 Å². The largest absolute Gasteiger partial charge is 0.508 e. The van der Waals surface area contributed by atoms with E-state index in [4.69, 9.17) is 4.28 Å². The number of phenolic OH excluding ortho intramolecular Hbond substituents is 1. The van der Waals surface area contributed by atoms with Crippen molar-refractivity contribution in [2.24, 2.45) is 0 Å². The molecule has 0 aliphatic carbocycles. The van der Waals surface area contributed by atoms with Crippen LogP contribution in [0.5, 0.6) is 5.75 Å². The summed E-state index contributed by atoms with van der Waals surface area (Å²) in [6, 6.07) is 17.8. The summed E-state index contributed by atoms with van der Waals surface area (Å²) in [5.41, 5.74) is 3.27. The number of nitrogens with one attached hydrogen (secondary N) is 2. The molecule has 1 amide bonds. The summed E-state index contributed by atoms with van der Waals surface area (Å²) in [5.74, 6) is 0.181. The van der Waals surface area contributed by atoms with E-state index in [0.717, 1.165) is 11.0 Å². The number of aromatic hydroxyl groups is 1. The zero-order chi connectivity index (χ0) is 23.9. The standard InChI is InChI=1S/C24H20N4O5S/c1-2-28(15-7-9-16(29)10-8-15)33-34(31,32)17-11-12-20-18(13-17)19(24(30)27-20)14-23-25-21-5-3-4-6-22(21)26-23/h3-14,29H,2H2,1H3,(H,25,26)(H,27,30). The van der Waals surface area contributed by atoms with Crippen molar-refractivity contribution >= 4 is 50.1 Å². The number of fused-ring (bicyclic) bond motifs is 2. The van der Waals surface area contributed by atoms with Gasteiger partial charge in [-0.05, 0) is 67.6 Å². The monoisotopic (exact) mass is 476 g/mol. The van der Waals surface area contributed by atoms with Gasteiger partial charge in [-0.15, -0.1) is 4.28 Å². The Morgan fingerprint density at radius 3 is 2.59 bits per heavy atom. The van der Waals surface area contributed by atoms with Gasteiger partial charge >= 0.3 is 10.1 Å². The Labute approximate surface area is 195 Å². The SMILES string of the molecule is CCN(OS(=O)(=O)c1ccc2c(c1)C(=Cc1nc3ccccc3[nH]1)C(=O)N2)c1ccc(O)cc1. The van der Waals surface area contributed by atoms with Gasteiger partial charge in [-0.1, -0.05) is 12.1 Å². The molecule has 10 heteroatoms. The molecule has 0 atom stereocenters. The lowest BCUT2D eigenvalue weighted by molar-refractivity contribution is -0.110. The molecule has 0 spiro atoms. The van der Waals surface area contributed by atoms with Crippen LogP contribution in [0.15, 0.2) is 71.6 Å².